The van der Waals surface area contributed by atoms with Crippen LogP contribution < -0.4 is 0 Å². The monoisotopic (exact) mass is 227 g/mol. The first-order chi connectivity index (χ1) is 8.31. The summed E-state index contributed by atoms with van der Waals surface area (Å²) in [7, 11) is 0. The fourth-order valence-corrected chi connectivity index (χ4v) is 2.41. The standard InChI is InChI=1S/C14H17N3/c1-11-5-4-6-12(9-11)10-13-15-14-7-2-3-8-17(14)16-13/h4-6,9H,2-3,7-8,10H2,1H3. The Balaban J connectivity index is 1.83. The molecule has 0 bridgehead atoms. The Morgan fingerprint density at radius 1 is 1.29 bits per heavy atom. The van der Waals surface area contributed by atoms with Gasteiger partial charge in [-0.05, 0) is 25.3 Å². The predicted octanol–water partition coefficient (Wildman–Crippen LogP) is 2.51. The van der Waals surface area contributed by atoms with E-state index < -0.39 is 0 Å². The molecule has 1 aromatic carbocycles. The average molecular weight is 227 g/mol. The van der Waals surface area contributed by atoms with Crippen LogP contribution in [0.1, 0.15) is 35.6 Å². The number of nitrogens with zero attached hydrogens (tertiary/aromatic N) is 3. The topological polar surface area (TPSA) is 30.7 Å². The quantitative estimate of drug-likeness (QED) is 0.789. The average Bonchev–Trinajstić information content (AvgIpc) is 2.71. The second kappa shape index (κ2) is 4.32. The van der Waals surface area contributed by atoms with Crippen molar-refractivity contribution in [2.45, 2.75) is 39.2 Å². The zero-order chi connectivity index (χ0) is 11.7. The van der Waals surface area contributed by atoms with Gasteiger partial charge in [0, 0.05) is 19.4 Å². The van der Waals surface area contributed by atoms with Crippen molar-refractivity contribution in [2.24, 2.45) is 0 Å². The Bertz CT molecular complexity index is 505. The third-order valence-electron chi connectivity index (χ3n) is 3.26. The van der Waals surface area contributed by atoms with Crippen LogP contribution in [0, 0.1) is 6.92 Å². The Morgan fingerprint density at radius 3 is 3.06 bits per heavy atom. The maximum Gasteiger partial charge on any atom is 0.155 e. The van der Waals surface area contributed by atoms with E-state index in [2.05, 4.69) is 46.0 Å². The van der Waals surface area contributed by atoms with Gasteiger partial charge in [-0.2, -0.15) is 5.10 Å². The lowest BCUT2D eigenvalue weighted by Gasteiger charge is -2.09. The molecule has 1 aromatic heterocycles. The van der Waals surface area contributed by atoms with Crippen LogP contribution in [0.15, 0.2) is 24.3 Å². The Kier molecular flexibility index (Phi) is 2.67. The van der Waals surface area contributed by atoms with Crippen LogP contribution in [-0.2, 0) is 19.4 Å². The summed E-state index contributed by atoms with van der Waals surface area (Å²) in [6, 6.07) is 8.57. The van der Waals surface area contributed by atoms with Gasteiger partial charge in [-0.1, -0.05) is 29.8 Å². The highest BCUT2D eigenvalue weighted by Gasteiger charge is 2.13. The summed E-state index contributed by atoms with van der Waals surface area (Å²) < 4.78 is 2.08. The number of hydrogen-bond donors (Lipinski definition) is 0. The molecule has 0 fully saturated rings. The molecule has 0 N–H and O–H groups in total. The number of fused-ring (bicyclic) bond motifs is 1. The Hall–Kier alpha value is -1.64. The lowest BCUT2D eigenvalue weighted by molar-refractivity contribution is 0.478. The molecule has 1 aliphatic heterocycles. The number of aromatic nitrogens is 3. The maximum atomic E-state index is 4.63. The number of aryl methyl sites for hydroxylation is 3. The first-order valence-electron chi connectivity index (χ1n) is 6.29. The number of benzene rings is 1. The molecule has 0 saturated carbocycles. The van der Waals surface area contributed by atoms with E-state index in [9.17, 15) is 0 Å². The van der Waals surface area contributed by atoms with Crippen LogP contribution in [0.3, 0.4) is 0 Å². The summed E-state index contributed by atoms with van der Waals surface area (Å²) in [6.07, 6.45) is 4.42. The van der Waals surface area contributed by atoms with Crippen molar-refractivity contribution >= 4 is 0 Å². The van der Waals surface area contributed by atoms with Crippen molar-refractivity contribution in [2.75, 3.05) is 0 Å². The second-order valence-corrected chi connectivity index (χ2v) is 4.79. The van der Waals surface area contributed by atoms with Gasteiger partial charge < -0.3 is 0 Å². The van der Waals surface area contributed by atoms with Crippen LogP contribution in [0.25, 0.3) is 0 Å². The minimum atomic E-state index is 0.849. The third kappa shape index (κ3) is 2.23. The molecule has 3 heteroatoms. The molecular formula is C14H17N3. The molecule has 2 heterocycles. The van der Waals surface area contributed by atoms with Gasteiger partial charge in [0.15, 0.2) is 5.82 Å². The normalized spacial score (nSPS) is 14.6. The van der Waals surface area contributed by atoms with Crippen molar-refractivity contribution < 1.29 is 0 Å². The summed E-state index contributed by atoms with van der Waals surface area (Å²) in [5.74, 6) is 2.13. The molecule has 3 rings (SSSR count). The highest BCUT2D eigenvalue weighted by atomic mass is 15.3. The fraction of sp³-hybridized carbons (Fsp3) is 0.429. The fourth-order valence-electron chi connectivity index (χ4n) is 2.41. The van der Waals surface area contributed by atoms with E-state index in [1.54, 1.807) is 0 Å². The Morgan fingerprint density at radius 2 is 2.24 bits per heavy atom. The van der Waals surface area contributed by atoms with Crippen molar-refractivity contribution in [1.29, 1.82) is 0 Å². The van der Waals surface area contributed by atoms with Gasteiger partial charge in [0.05, 0.1) is 0 Å². The van der Waals surface area contributed by atoms with E-state index >= 15 is 0 Å². The molecular weight excluding hydrogens is 210 g/mol. The van der Waals surface area contributed by atoms with Gasteiger partial charge in [-0.3, -0.25) is 0 Å². The zero-order valence-corrected chi connectivity index (χ0v) is 10.2. The van der Waals surface area contributed by atoms with Crippen molar-refractivity contribution in [3.05, 3.63) is 47.0 Å². The van der Waals surface area contributed by atoms with E-state index in [-0.39, 0.29) is 0 Å². The molecule has 3 nitrogen and oxygen atoms in total. The van der Waals surface area contributed by atoms with Gasteiger partial charge >= 0.3 is 0 Å². The van der Waals surface area contributed by atoms with E-state index in [1.165, 1.54) is 29.8 Å². The smallest absolute Gasteiger partial charge is 0.155 e. The summed E-state index contributed by atoms with van der Waals surface area (Å²) >= 11 is 0. The summed E-state index contributed by atoms with van der Waals surface area (Å²) in [4.78, 5) is 4.63. The van der Waals surface area contributed by atoms with Gasteiger partial charge in [0.25, 0.3) is 0 Å². The molecule has 88 valence electrons. The number of hydrogen-bond acceptors (Lipinski definition) is 2. The van der Waals surface area contributed by atoms with Crippen molar-refractivity contribution in [3.8, 4) is 0 Å². The minimum Gasteiger partial charge on any atom is -0.250 e. The maximum absolute atomic E-state index is 4.63. The summed E-state index contributed by atoms with van der Waals surface area (Å²) in [5.41, 5.74) is 2.60. The molecule has 17 heavy (non-hydrogen) atoms. The molecule has 0 unspecified atom stereocenters. The first-order valence-corrected chi connectivity index (χ1v) is 6.29. The molecule has 0 spiro atoms. The molecule has 0 saturated heterocycles. The lowest BCUT2D eigenvalue weighted by atomic mass is 10.1. The second-order valence-electron chi connectivity index (χ2n) is 4.79. The first kappa shape index (κ1) is 10.5. The van der Waals surface area contributed by atoms with Crippen LogP contribution >= 0.6 is 0 Å². The molecule has 0 radical (unpaired) electrons. The van der Waals surface area contributed by atoms with Crippen LogP contribution in [0.2, 0.25) is 0 Å². The molecule has 1 aliphatic rings. The largest absolute Gasteiger partial charge is 0.250 e. The summed E-state index contributed by atoms with van der Waals surface area (Å²) in [5, 5.41) is 4.58. The van der Waals surface area contributed by atoms with Gasteiger partial charge in [-0.15, -0.1) is 0 Å². The van der Waals surface area contributed by atoms with Crippen molar-refractivity contribution in [1.82, 2.24) is 14.8 Å². The van der Waals surface area contributed by atoms with E-state index in [4.69, 9.17) is 0 Å². The molecule has 0 amide bonds. The van der Waals surface area contributed by atoms with Crippen LogP contribution in [0.4, 0.5) is 0 Å². The van der Waals surface area contributed by atoms with Gasteiger partial charge in [0.1, 0.15) is 5.82 Å². The predicted molar refractivity (Wildman–Crippen MR) is 66.9 cm³/mol. The van der Waals surface area contributed by atoms with E-state index in [0.29, 0.717) is 0 Å². The van der Waals surface area contributed by atoms with Crippen molar-refractivity contribution in [3.63, 3.8) is 0 Å². The lowest BCUT2D eigenvalue weighted by Crippen LogP contribution is -2.11. The van der Waals surface area contributed by atoms with E-state index in [1.807, 2.05) is 0 Å². The molecule has 0 atom stereocenters. The summed E-state index contributed by atoms with van der Waals surface area (Å²) in [6.45, 7) is 3.16. The van der Waals surface area contributed by atoms with Gasteiger partial charge in [0.2, 0.25) is 0 Å². The third-order valence-corrected chi connectivity index (χ3v) is 3.26. The minimum absolute atomic E-state index is 0.849. The highest BCUT2D eigenvalue weighted by Crippen LogP contribution is 2.14. The van der Waals surface area contributed by atoms with E-state index in [0.717, 1.165) is 25.2 Å². The zero-order valence-electron chi connectivity index (χ0n) is 10.2. The molecule has 2 aromatic rings. The molecule has 0 aliphatic carbocycles. The van der Waals surface area contributed by atoms with Gasteiger partial charge in [-0.25, -0.2) is 9.67 Å². The number of rotatable bonds is 2. The van der Waals surface area contributed by atoms with Crippen LogP contribution in [-0.4, -0.2) is 14.8 Å². The highest BCUT2D eigenvalue weighted by molar-refractivity contribution is 5.24. The SMILES string of the molecule is Cc1cccc(Cc2nc3n(n2)CCCC3)c1. The Labute approximate surface area is 101 Å². The van der Waals surface area contributed by atoms with Crippen LogP contribution in [0.5, 0.6) is 0 Å².